The highest BCUT2D eigenvalue weighted by molar-refractivity contribution is 7.89. The van der Waals surface area contributed by atoms with Crippen molar-refractivity contribution in [3.05, 3.63) is 12.0 Å². The van der Waals surface area contributed by atoms with E-state index in [0.29, 0.717) is 18.9 Å². The number of nitrogens with zero attached hydrogens (tertiary/aromatic N) is 4. The van der Waals surface area contributed by atoms with Crippen LogP contribution < -0.4 is 0 Å². The van der Waals surface area contributed by atoms with Crippen molar-refractivity contribution in [1.82, 2.24) is 13.9 Å². The summed E-state index contributed by atoms with van der Waals surface area (Å²) in [4.78, 5) is 4.11. The van der Waals surface area contributed by atoms with Gasteiger partial charge in [0.25, 0.3) is 10.0 Å². The van der Waals surface area contributed by atoms with E-state index in [0.717, 1.165) is 0 Å². The third kappa shape index (κ3) is 3.33. The fourth-order valence-corrected chi connectivity index (χ4v) is 3.33. The van der Waals surface area contributed by atoms with E-state index in [-0.39, 0.29) is 17.5 Å². The van der Waals surface area contributed by atoms with Crippen LogP contribution in [0.1, 0.15) is 26.6 Å². The minimum atomic E-state index is -3.62. The van der Waals surface area contributed by atoms with Crippen LogP contribution >= 0.6 is 0 Å². The smallest absolute Gasteiger partial charge is 0.262 e. The van der Waals surface area contributed by atoms with Gasteiger partial charge in [-0.05, 0) is 20.8 Å². The maximum Gasteiger partial charge on any atom is 0.262 e. The highest BCUT2D eigenvalue weighted by Gasteiger charge is 2.27. The van der Waals surface area contributed by atoms with Gasteiger partial charge in [-0.2, -0.15) is 9.57 Å². The second-order valence-corrected chi connectivity index (χ2v) is 6.28. The lowest BCUT2D eigenvalue weighted by atomic mass is 10.2. The van der Waals surface area contributed by atoms with Crippen molar-refractivity contribution in [3.8, 4) is 6.07 Å². The zero-order valence-electron chi connectivity index (χ0n) is 11.8. The summed E-state index contributed by atoms with van der Waals surface area (Å²) < 4.78 is 28.0. The maximum atomic E-state index is 12.4. The summed E-state index contributed by atoms with van der Waals surface area (Å²) in [5.41, 5.74) is 0. The van der Waals surface area contributed by atoms with Crippen LogP contribution in [0, 0.1) is 24.2 Å². The van der Waals surface area contributed by atoms with Gasteiger partial charge in [0.05, 0.1) is 12.0 Å². The summed E-state index contributed by atoms with van der Waals surface area (Å²) in [6, 6.07) is 2.05. The van der Waals surface area contributed by atoms with E-state index in [1.165, 1.54) is 4.31 Å². The van der Waals surface area contributed by atoms with Gasteiger partial charge in [-0.15, -0.1) is 0 Å². The molecule has 1 atom stereocenters. The average Bonchev–Trinajstić information content (AvgIpc) is 2.77. The van der Waals surface area contributed by atoms with E-state index >= 15 is 0 Å². The monoisotopic (exact) mass is 284 g/mol. The highest BCUT2D eigenvalue weighted by Crippen LogP contribution is 2.16. The molecule has 0 bridgehead atoms. The van der Waals surface area contributed by atoms with Crippen LogP contribution in [-0.2, 0) is 16.6 Å². The van der Waals surface area contributed by atoms with Crippen molar-refractivity contribution in [3.63, 3.8) is 0 Å². The molecular formula is C12H20N4O2S. The van der Waals surface area contributed by atoms with Crippen LogP contribution in [0.5, 0.6) is 0 Å². The van der Waals surface area contributed by atoms with Crippen LogP contribution in [-0.4, -0.2) is 35.4 Å². The van der Waals surface area contributed by atoms with Gasteiger partial charge in [0.2, 0.25) is 0 Å². The first kappa shape index (κ1) is 15.7. The Hall–Kier alpha value is -1.39. The Bertz CT molecular complexity index is 571. The lowest BCUT2D eigenvalue weighted by Crippen LogP contribution is -2.34. The van der Waals surface area contributed by atoms with Gasteiger partial charge in [0.1, 0.15) is 5.82 Å². The molecule has 0 aliphatic carbocycles. The van der Waals surface area contributed by atoms with E-state index in [2.05, 4.69) is 4.98 Å². The Balaban J connectivity index is 3.10. The molecule has 1 rings (SSSR count). The second-order valence-electron chi connectivity index (χ2n) is 4.40. The number of aryl methyl sites for hydroxylation is 2. The van der Waals surface area contributed by atoms with Crippen LogP contribution in [0.3, 0.4) is 0 Å². The van der Waals surface area contributed by atoms with Crippen molar-refractivity contribution in [2.75, 3.05) is 13.1 Å². The molecule has 7 heteroatoms. The molecule has 1 aromatic heterocycles. The Kier molecular flexibility index (Phi) is 5.09. The molecule has 0 aliphatic rings. The van der Waals surface area contributed by atoms with Gasteiger partial charge < -0.3 is 4.57 Å². The summed E-state index contributed by atoms with van der Waals surface area (Å²) in [5.74, 6) is 0.328. The third-order valence-electron chi connectivity index (χ3n) is 2.95. The van der Waals surface area contributed by atoms with Gasteiger partial charge in [-0.3, -0.25) is 0 Å². The molecule has 0 saturated heterocycles. The largest absolute Gasteiger partial charge is 0.334 e. The van der Waals surface area contributed by atoms with Crippen LogP contribution in [0.4, 0.5) is 0 Å². The van der Waals surface area contributed by atoms with E-state index in [1.807, 2.05) is 13.0 Å². The van der Waals surface area contributed by atoms with Crippen molar-refractivity contribution < 1.29 is 8.42 Å². The summed E-state index contributed by atoms with van der Waals surface area (Å²) >= 11 is 0. The van der Waals surface area contributed by atoms with Gasteiger partial charge in [0.15, 0.2) is 5.03 Å². The van der Waals surface area contributed by atoms with Gasteiger partial charge in [-0.25, -0.2) is 13.4 Å². The van der Waals surface area contributed by atoms with Gasteiger partial charge >= 0.3 is 0 Å². The zero-order chi connectivity index (χ0) is 14.6. The van der Waals surface area contributed by atoms with E-state index < -0.39 is 10.0 Å². The quantitative estimate of drug-likeness (QED) is 0.790. The fraction of sp³-hybridized carbons (Fsp3) is 0.667. The Morgan fingerprint density at radius 1 is 1.53 bits per heavy atom. The molecule has 0 amide bonds. The van der Waals surface area contributed by atoms with Crippen LogP contribution in [0.15, 0.2) is 11.2 Å². The van der Waals surface area contributed by atoms with Crippen molar-refractivity contribution in [2.24, 2.45) is 5.92 Å². The molecule has 0 spiro atoms. The Labute approximate surface area is 114 Å². The molecule has 1 unspecified atom stereocenters. The van der Waals surface area contributed by atoms with Crippen molar-refractivity contribution in [1.29, 1.82) is 5.26 Å². The number of rotatable bonds is 6. The van der Waals surface area contributed by atoms with E-state index in [1.54, 1.807) is 31.5 Å². The minimum absolute atomic E-state index is 0.0545. The zero-order valence-corrected chi connectivity index (χ0v) is 12.6. The first-order chi connectivity index (χ1) is 8.86. The van der Waals surface area contributed by atoms with E-state index in [9.17, 15) is 8.42 Å². The first-order valence-corrected chi connectivity index (χ1v) is 7.74. The lowest BCUT2D eigenvalue weighted by molar-refractivity contribution is 0.398. The molecule has 1 heterocycles. The van der Waals surface area contributed by atoms with Gasteiger partial charge in [0, 0.05) is 25.8 Å². The maximum absolute atomic E-state index is 12.4. The Morgan fingerprint density at radius 2 is 2.16 bits per heavy atom. The van der Waals surface area contributed by atoms with Crippen molar-refractivity contribution >= 4 is 10.0 Å². The molecule has 1 aromatic rings. The third-order valence-corrected chi connectivity index (χ3v) is 4.76. The number of aromatic nitrogens is 2. The van der Waals surface area contributed by atoms with Crippen LogP contribution in [0.25, 0.3) is 0 Å². The number of imidazole rings is 1. The molecule has 0 N–H and O–H groups in total. The molecule has 0 saturated carbocycles. The first-order valence-electron chi connectivity index (χ1n) is 6.30. The summed E-state index contributed by atoms with van der Waals surface area (Å²) in [6.07, 6.45) is 1.55. The predicted molar refractivity (Wildman–Crippen MR) is 71.8 cm³/mol. The molecular weight excluding hydrogens is 264 g/mol. The topological polar surface area (TPSA) is 79.0 Å². The Morgan fingerprint density at radius 3 is 2.58 bits per heavy atom. The molecule has 0 fully saturated rings. The molecule has 0 aromatic carbocycles. The minimum Gasteiger partial charge on any atom is -0.334 e. The highest BCUT2D eigenvalue weighted by atomic mass is 32.2. The fourth-order valence-electron chi connectivity index (χ4n) is 1.80. The number of hydrogen-bond acceptors (Lipinski definition) is 4. The normalized spacial score (nSPS) is 13.5. The van der Waals surface area contributed by atoms with E-state index in [4.69, 9.17) is 5.26 Å². The summed E-state index contributed by atoms with van der Waals surface area (Å²) in [6.45, 7) is 8.35. The molecule has 0 radical (unpaired) electrons. The number of hydrogen-bond donors (Lipinski definition) is 0. The molecule has 0 aliphatic heterocycles. The number of sulfonamides is 1. The summed E-state index contributed by atoms with van der Waals surface area (Å²) in [5, 5.41) is 8.87. The number of nitriles is 1. The standard InChI is InChI=1S/C12H20N4O2S/c1-5-15-9-12(14-11(15)4)19(17,18)16(6-2)8-10(3)7-13/h9-10H,5-6,8H2,1-4H3. The summed E-state index contributed by atoms with van der Waals surface area (Å²) in [7, 11) is -3.62. The molecule has 106 valence electrons. The molecule has 6 nitrogen and oxygen atoms in total. The van der Waals surface area contributed by atoms with Crippen LogP contribution in [0.2, 0.25) is 0 Å². The second kappa shape index (κ2) is 6.17. The SMILES string of the molecule is CCN(CC(C)C#N)S(=O)(=O)c1cn(CC)c(C)n1. The average molecular weight is 284 g/mol. The predicted octanol–water partition coefficient (Wildman–Crippen LogP) is 1.38. The lowest BCUT2D eigenvalue weighted by Gasteiger charge is -2.19. The molecule has 19 heavy (non-hydrogen) atoms. The van der Waals surface area contributed by atoms with Crippen molar-refractivity contribution in [2.45, 2.75) is 39.3 Å². The van der Waals surface area contributed by atoms with Gasteiger partial charge in [-0.1, -0.05) is 6.92 Å².